The lowest BCUT2D eigenvalue weighted by Gasteiger charge is -2.46. The van der Waals surface area contributed by atoms with Crippen molar-refractivity contribution in [1.82, 2.24) is 9.80 Å². The molecule has 1 atom stereocenters. The van der Waals surface area contributed by atoms with Crippen molar-refractivity contribution in [2.75, 3.05) is 33.3 Å². The van der Waals surface area contributed by atoms with Gasteiger partial charge < -0.3 is 9.64 Å². The Balaban J connectivity index is 1.67. The molecule has 130 valence electrons. The summed E-state index contributed by atoms with van der Waals surface area (Å²) in [4.78, 5) is 17.4. The Morgan fingerprint density at radius 2 is 2.12 bits per heavy atom. The highest BCUT2D eigenvalue weighted by molar-refractivity contribution is 5.79. The lowest BCUT2D eigenvalue weighted by molar-refractivity contribution is -0.134. The first-order valence-electron chi connectivity index (χ1n) is 8.93. The third kappa shape index (κ3) is 3.48. The quantitative estimate of drug-likeness (QED) is 0.779. The van der Waals surface area contributed by atoms with Crippen LogP contribution in [0.5, 0.6) is 5.75 Å². The molecular weight excluding hydrogens is 300 g/mol. The number of carbonyl (C=O) groups is 1. The summed E-state index contributed by atoms with van der Waals surface area (Å²) in [6.07, 6.45) is 7.16. The third-order valence-electron chi connectivity index (χ3n) is 5.49. The standard InChI is InChI=1S/C20H28N2O2/c1-3-11-22-13-6-10-20(22)9-5-12-21(16-20)19(23)15-17-7-4-8-18(14-17)24-2/h3-4,7-8,14H,1,5-6,9-13,15-16H2,2H3/t20-/m1/s1. The van der Waals surface area contributed by atoms with Crippen LogP contribution in [0.4, 0.5) is 0 Å². The van der Waals surface area contributed by atoms with Crippen LogP contribution in [0.25, 0.3) is 0 Å². The highest BCUT2D eigenvalue weighted by Crippen LogP contribution is 2.37. The molecule has 4 heteroatoms. The fourth-order valence-electron chi connectivity index (χ4n) is 4.29. The molecule has 0 unspecified atom stereocenters. The van der Waals surface area contributed by atoms with E-state index in [1.807, 2.05) is 30.3 Å². The number of carbonyl (C=O) groups excluding carboxylic acids is 1. The van der Waals surface area contributed by atoms with E-state index in [9.17, 15) is 4.79 Å². The second kappa shape index (κ2) is 7.39. The fourth-order valence-corrected chi connectivity index (χ4v) is 4.29. The smallest absolute Gasteiger partial charge is 0.227 e. The zero-order chi connectivity index (χ0) is 17.0. The first-order chi connectivity index (χ1) is 11.7. The van der Waals surface area contributed by atoms with E-state index < -0.39 is 0 Å². The highest BCUT2D eigenvalue weighted by Gasteiger charge is 2.44. The zero-order valence-corrected chi connectivity index (χ0v) is 14.7. The molecule has 0 saturated carbocycles. The molecule has 4 nitrogen and oxygen atoms in total. The number of hydrogen-bond acceptors (Lipinski definition) is 3. The van der Waals surface area contributed by atoms with Gasteiger partial charge in [0.05, 0.1) is 13.5 Å². The van der Waals surface area contributed by atoms with Gasteiger partial charge in [-0.25, -0.2) is 0 Å². The van der Waals surface area contributed by atoms with Gasteiger partial charge in [0.1, 0.15) is 5.75 Å². The summed E-state index contributed by atoms with van der Waals surface area (Å²) in [6.45, 7) is 7.70. The maximum absolute atomic E-state index is 12.8. The van der Waals surface area contributed by atoms with E-state index in [1.165, 1.54) is 19.3 Å². The predicted octanol–water partition coefficient (Wildman–Crippen LogP) is 2.88. The average molecular weight is 328 g/mol. The summed E-state index contributed by atoms with van der Waals surface area (Å²) < 4.78 is 5.26. The highest BCUT2D eigenvalue weighted by atomic mass is 16.5. The van der Waals surface area contributed by atoms with E-state index in [-0.39, 0.29) is 11.4 Å². The van der Waals surface area contributed by atoms with Crippen LogP contribution < -0.4 is 4.74 Å². The van der Waals surface area contributed by atoms with Crippen LogP contribution >= 0.6 is 0 Å². The Morgan fingerprint density at radius 3 is 2.88 bits per heavy atom. The van der Waals surface area contributed by atoms with Crippen molar-refractivity contribution in [2.45, 2.75) is 37.6 Å². The van der Waals surface area contributed by atoms with Crippen molar-refractivity contribution in [3.63, 3.8) is 0 Å². The molecule has 2 saturated heterocycles. The van der Waals surface area contributed by atoms with E-state index in [1.54, 1.807) is 7.11 Å². The second-order valence-electron chi connectivity index (χ2n) is 7.01. The van der Waals surface area contributed by atoms with E-state index in [0.29, 0.717) is 6.42 Å². The van der Waals surface area contributed by atoms with Crippen molar-refractivity contribution in [1.29, 1.82) is 0 Å². The summed E-state index contributed by atoms with van der Waals surface area (Å²) >= 11 is 0. The molecule has 0 N–H and O–H groups in total. The summed E-state index contributed by atoms with van der Waals surface area (Å²) in [5.41, 5.74) is 1.20. The lowest BCUT2D eigenvalue weighted by atomic mass is 9.86. The van der Waals surface area contributed by atoms with Gasteiger partial charge in [-0.15, -0.1) is 6.58 Å². The molecule has 2 aliphatic heterocycles. The minimum atomic E-state index is 0.177. The largest absolute Gasteiger partial charge is 0.497 e. The zero-order valence-electron chi connectivity index (χ0n) is 14.7. The molecule has 1 amide bonds. The minimum absolute atomic E-state index is 0.177. The van der Waals surface area contributed by atoms with Crippen LogP contribution in [-0.2, 0) is 11.2 Å². The Kier molecular flexibility index (Phi) is 5.24. The SMILES string of the molecule is C=CCN1CCC[C@@]12CCCN(C(=O)Cc1cccc(OC)c1)C2. The number of hydrogen-bond donors (Lipinski definition) is 0. The van der Waals surface area contributed by atoms with Gasteiger partial charge in [0, 0.05) is 25.2 Å². The van der Waals surface area contributed by atoms with Crippen LogP contribution in [0.1, 0.15) is 31.2 Å². The molecule has 24 heavy (non-hydrogen) atoms. The molecule has 0 radical (unpaired) electrons. The Labute approximate surface area is 145 Å². The number of amides is 1. The molecule has 2 fully saturated rings. The van der Waals surface area contributed by atoms with Gasteiger partial charge in [-0.3, -0.25) is 9.69 Å². The predicted molar refractivity (Wildman–Crippen MR) is 96.2 cm³/mol. The van der Waals surface area contributed by atoms with Gasteiger partial charge in [-0.2, -0.15) is 0 Å². The number of rotatable bonds is 5. The van der Waals surface area contributed by atoms with Crippen molar-refractivity contribution in [2.24, 2.45) is 0 Å². The maximum Gasteiger partial charge on any atom is 0.227 e. The van der Waals surface area contributed by atoms with E-state index in [2.05, 4.69) is 16.4 Å². The van der Waals surface area contributed by atoms with Crippen molar-refractivity contribution >= 4 is 5.91 Å². The van der Waals surface area contributed by atoms with Crippen molar-refractivity contribution in [3.05, 3.63) is 42.5 Å². The number of benzene rings is 1. The van der Waals surface area contributed by atoms with Gasteiger partial charge in [0.15, 0.2) is 0 Å². The Bertz CT molecular complexity index is 601. The number of methoxy groups -OCH3 is 1. The number of nitrogens with zero attached hydrogens (tertiary/aromatic N) is 2. The summed E-state index contributed by atoms with van der Waals surface area (Å²) in [7, 11) is 1.66. The van der Waals surface area contributed by atoms with Gasteiger partial charge in [0.2, 0.25) is 5.91 Å². The van der Waals surface area contributed by atoms with Crippen LogP contribution in [0.2, 0.25) is 0 Å². The summed E-state index contributed by atoms with van der Waals surface area (Å²) in [5.74, 6) is 1.04. The maximum atomic E-state index is 12.8. The summed E-state index contributed by atoms with van der Waals surface area (Å²) in [6, 6.07) is 7.81. The minimum Gasteiger partial charge on any atom is -0.497 e. The number of piperidine rings is 1. The molecule has 2 aliphatic rings. The van der Waals surface area contributed by atoms with Gasteiger partial charge in [-0.05, 0) is 49.9 Å². The van der Waals surface area contributed by atoms with Crippen LogP contribution in [-0.4, -0.2) is 54.5 Å². The first kappa shape index (κ1) is 17.0. The molecule has 2 heterocycles. The molecule has 3 rings (SSSR count). The van der Waals surface area contributed by atoms with Gasteiger partial charge in [-0.1, -0.05) is 18.2 Å². The first-order valence-corrected chi connectivity index (χ1v) is 8.93. The Hall–Kier alpha value is -1.81. The van der Waals surface area contributed by atoms with Crippen LogP contribution in [0.15, 0.2) is 36.9 Å². The summed E-state index contributed by atoms with van der Waals surface area (Å²) in [5, 5.41) is 0. The van der Waals surface area contributed by atoms with E-state index in [0.717, 1.165) is 43.9 Å². The second-order valence-corrected chi connectivity index (χ2v) is 7.01. The Morgan fingerprint density at radius 1 is 1.33 bits per heavy atom. The van der Waals surface area contributed by atoms with Crippen molar-refractivity contribution in [3.8, 4) is 5.75 Å². The van der Waals surface area contributed by atoms with Crippen LogP contribution in [0.3, 0.4) is 0 Å². The molecule has 0 bridgehead atoms. The molecule has 0 aromatic heterocycles. The van der Waals surface area contributed by atoms with Crippen LogP contribution in [0, 0.1) is 0 Å². The molecular formula is C20H28N2O2. The molecule has 0 aliphatic carbocycles. The van der Waals surface area contributed by atoms with Gasteiger partial charge >= 0.3 is 0 Å². The fraction of sp³-hybridized carbons (Fsp3) is 0.550. The monoisotopic (exact) mass is 328 g/mol. The molecule has 1 aromatic rings. The third-order valence-corrected chi connectivity index (χ3v) is 5.49. The normalized spacial score (nSPS) is 24.3. The number of ether oxygens (including phenoxy) is 1. The molecule has 1 spiro atoms. The van der Waals surface area contributed by atoms with E-state index in [4.69, 9.17) is 4.74 Å². The van der Waals surface area contributed by atoms with Gasteiger partial charge in [0.25, 0.3) is 0 Å². The molecule has 1 aromatic carbocycles. The lowest BCUT2D eigenvalue weighted by Crippen LogP contribution is -2.57. The topological polar surface area (TPSA) is 32.8 Å². The van der Waals surface area contributed by atoms with Crippen molar-refractivity contribution < 1.29 is 9.53 Å². The number of likely N-dealkylation sites (tertiary alicyclic amines) is 2. The van der Waals surface area contributed by atoms with E-state index >= 15 is 0 Å². The average Bonchev–Trinajstić information content (AvgIpc) is 2.97.